The van der Waals surface area contributed by atoms with Crippen molar-refractivity contribution in [2.45, 2.75) is 32.6 Å². The Labute approximate surface area is 105 Å². The number of anilines is 1. The molecule has 0 unspecified atom stereocenters. The van der Waals surface area contributed by atoms with E-state index in [9.17, 15) is 0 Å². The normalized spacial score (nSPS) is 17.7. The van der Waals surface area contributed by atoms with Gasteiger partial charge in [-0.15, -0.1) is 0 Å². The smallest absolute Gasteiger partial charge is 0.0370 e. The van der Waals surface area contributed by atoms with Gasteiger partial charge in [-0.1, -0.05) is 31.0 Å². The standard InChI is InChI=1S/C15H24N2/c1-14-8-4-5-9-15(14)16-10-13-17-11-6-2-3-7-12-17/h4-5,8-9,16H,2-3,6-7,10-13H2,1H3. The van der Waals surface area contributed by atoms with Gasteiger partial charge in [0.05, 0.1) is 0 Å². The molecule has 0 aliphatic carbocycles. The summed E-state index contributed by atoms with van der Waals surface area (Å²) in [6.45, 7) is 6.97. The maximum atomic E-state index is 3.54. The van der Waals surface area contributed by atoms with Crippen molar-refractivity contribution in [3.63, 3.8) is 0 Å². The second-order valence-electron chi connectivity index (χ2n) is 5.00. The van der Waals surface area contributed by atoms with Crippen LogP contribution in [0.1, 0.15) is 31.2 Å². The van der Waals surface area contributed by atoms with Crippen molar-refractivity contribution < 1.29 is 0 Å². The van der Waals surface area contributed by atoms with Gasteiger partial charge in [0.15, 0.2) is 0 Å². The van der Waals surface area contributed by atoms with Crippen molar-refractivity contribution in [3.05, 3.63) is 29.8 Å². The topological polar surface area (TPSA) is 15.3 Å². The van der Waals surface area contributed by atoms with Gasteiger partial charge in [-0.2, -0.15) is 0 Å². The first kappa shape index (κ1) is 12.4. The number of nitrogens with one attached hydrogen (secondary N) is 1. The zero-order chi connectivity index (χ0) is 11.9. The van der Waals surface area contributed by atoms with E-state index in [0.29, 0.717) is 0 Å². The summed E-state index contributed by atoms with van der Waals surface area (Å²) in [5.74, 6) is 0. The van der Waals surface area contributed by atoms with Crippen LogP contribution in [-0.2, 0) is 0 Å². The molecule has 0 radical (unpaired) electrons. The van der Waals surface area contributed by atoms with E-state index in [4.69, 9.17) is 0 Å². The van der Waals surface area contributed by atoms with E-state index in [1.54, 1.807) is 0 Å². The number of para-hydroxylation sites is 1. The summed E-state index contributed by atoms with van der Waals surface area (Å²) in [5, 5.41) is 3.54. The molecule has 1 aromatic rings. The van der Waals surface area contributed by atoms with Crippen LogP contribution >= 0.6 is 0 Å². The molecule has 1 aromatic carbocycles. The second-order valence-corrected chi connectivity index (χ2v) is 5.00. The Balaban J connectivity index is 1.73. The molecule has 0 spiro atoms. The van der Waals surface area contributed by atoms with E-state index in [-0.39, 0.29) is 0 Å². The zero-order valence-electron chi connectivity index (χ0n) is 10.9. The third kappa shape index (κ3) is 4.04. The second kappa shape index (κ2) is 6.65. The van der Waals surface area contributed by atoms with Gasteiger partial charge in [0.1, 0.15) is 0 Å². The number of aryl methyl sites for hydroxylation is 1. The fourth-order valence-electron chi connectivity index (χ4n) is 2.48. The Hall–Kier alpha value is -1.02. The average molecular weight is 232 g/mol. The van der Waals surface area contributed by atoms with Gasteiger partial charge < -0.3 is 10.2 Å². The summed E-state index contributed by atoms with van der Waals surface area (Å²) in [6, 6.07) is 8.52. The minimum absolute atomic E-state index is 1.06. The van der Waals surface area contributed by atoms with Crippen molar-refractivity contribution in [1.82, 2.24) is 4.90 Å². The molecular weight excluding hydrogens is 208 g/mol. The molecule has 1 aliphatic heterocycles. The molecular formula is C15H24N2. The van der Waals surface area contributed by atoms with Gasteiger partial charge in [-0.25, -0.2) is 0 Å². The quantitative estimate of drug-likeness (QED) is 0.857. The number of likely N-dealkylation sites (tertiary alicyclic amines) is 1. The molecule has 1 saturated heterocycles. The largest absolute Gasteiger partial charge is 0.384 e. The van der Waals surface area contributed by atoms with Crippen LogP contribution in [-0.4, -0.2) is 31.1 Å². The van der Waals surface area contributed by atoms with E-state index in [0.717, 1.165) is 6.54 Å². The molecule has 0 atom stereocenters. The van der Waals surface area contributed by atoms with Gasteiger partial charge in [0, 0.05) is 18.8 Å². The Bertz CT molecular complexity index is 327. The highest BCUT2D eigenvalue weighted by molar-refractivity contribution is 5.50. The zero-order valence-corrected chi connectivity index (χ0v) is 10.9. The maximum absolute atomic E-state index is 3.54. The molecule has 94 valence electrons. The number of nitrogens with zero attached hydrogens (tertiary/aromatic N) is 1. The lowest BCUT2D eigenvalue weighted by molar-refractivity contribution is 0.296. The summed E-state index contributed by atoms with van der Waals surface area (Å²) in [5.41, 5.74) is 2.62. The highest BCUT2D eigenvalue weighted by Gasteiger charge is 2.07. The SMILES string of the molecule is Cc1ccccc1NCCN1CCCCCC1. The van der Waals surface area contributed by atoms with Gasteiger partial charge in [-0.05, 0) is 44.5 Å². The lowest BCUT2D eigenvalue weighted by atomic mass is 10.2. The first-order valence-corrected chi connectivity index (χ1v) is 6.88. The minimum atomic E-state index is 1.06. The van der Waals surface area contributed by atoms with E-state index >= 15 is 0 Å². The molecule has 0 aromatic heterocycles. The Morgan fingerprint density at radius 1 is 1.06 bits per heavy atom. The molecule has 17 heavy (non-hydrogen) atoms. The van der Waals surface area contributed by atoms with Crippen LogP contribution in [0.2, 0.25) is 0 Å². The monoisotopic (exact) mass is 232 g/mol. The molecule has 0 bridgehead atoms. The summed E-state index contributed by atoms with van der Waals surface area (Å²) >= 11 is 0. The van der Waals surface area contributed by atoms with Crippen molar-refractivity contribution in [2.75, 3.05) is 31.5 Å². The third-order valence-corrected chi connectivity index (χ3v) is 3.59. The molecule has 2 heteroatoms. The number of benzene rings is 1. The summed E-state index contributed by atoms with van der Waals surface area (Å²) in [6.07, 6.45) is 5.60. The van der Waals surface area contributed by atoms with Crippen LogP contribution in [0.5, 0.6) is 0 Å². The van der Waals surface area contributed by atoms with Crippen LogP contribution in [0.3, 0.4) is 0 Å². The van der Waals surface area contributed by atoms with Crippen LogP contribution in [0, 0.1) is 6.92 Å². The van der Waals surface area contributed by atoms with E-state index in [2.05, 4.69) is 41.4 Å². The lowest BCUT2D eigenvalue weighted by Crippen LogP contribution is -2.30. The van der Waals surface area contributed by atoms with Gasteiger partial charge in [0.25, 0.3) is 0 Å². The van der Waals surface area contributed by atoms with Crippen LogP contribution in [0.4, 0.5) is 5.69 Å². The van der Waals surface area contributed by atoms with E-state index in [1.807, 2.05) is 0 Å². The predicted octanol–water partition coefficient (Wildman–Crippen LogP) is 3.28. The minimum Gasteiger partial charge on any atom is -0.384 e. The van der Waals surface area contributed by atoms with E-state index in [1.165, 1.54) is 56.6 Å². The Morgan fingerprint density at radius 2 is 1.76 bits per heavy atom. The highest BCUT2D eigenvalue weighted by atomic mass is 15.1. The van der Waals surface area contributed by atoms with E-state index < -0.39 is 0 Å². The molecule has 2 rings (SSSR count). The number of hydrogen-bond acceptors (Lipinski definition) is 2. The Morgan fingerprint density at radius 3 is 2.47 bits per heavy atom. The van der Waals surface area contributed by atoms with Crippen LogP contribution in [0.15, 0.2) is 24.3 Å². The van der Waals surface area contributed by atoms with Gasteiger partial charge >= 0.3 is 0 Å². The first-order chi connectivity index (χ1) is 8.36. The Kier molecular flexibility index (Phi) is 4.87. The van der Waals surface area contributed by atoms with Gasteiger partial charge in [0.2, 0.25) is 0 Å². The molecule has 1 N–H and O–H groups in total. The number of hydrogen-bond donors (Lipinski definition) is 1. The summed E-state index contributed by atoms with van der Waals surface area (Å²) in [4.78, 5) is 2.60. The molecule has 0 amide bonds. The van der Waals surface area contributed by atoms with Crippen molar-refractivity contribution in [2.24, 2.45) is 0 Å². The fourth-order valence-corrected chi connectivity index (χ4v) is 2.48. The molecule has 1 heterocycles. The summed E-state index contributed by atoms with van der Waals surface area (Å²) < 4.78 is 0. The number of rotatable bonds is 4. The van der Waals surface area contributed by atoms with Crippen LogP contribution in [0.25, 0.3) is 0 Å². The van der Waals surface area contributed by atoms with Gasteiger partial charge in [-0.3, -0.25) is 0 Å². The maximum Gasteiger partial charge on any atom is 0.0370 e. The van der Waals surface area contributed by atoms with Crippen molar-refractivity contribution in [3.8, 4) is 0 Å². The highest BCUT2D eigenvalue weighted by Crippen LogP contribution is 2.13. The molecule has 1 fully saturated rings. The molecule has 1 aliphatic rings. The lowest BCUT2D eigenvalue weighted by Gasteiger charge is -2.20. The predicted molar refractivity (Wildman–Crippen MR) is 74.6 cm³/mol. The third-order valence-electron chi connectivity index (χ3n) is 3.59. The first-order valence-electron chi connectivity index (χ1n) is 6.88. The molecule has 0 saturated carbocycles. The van der Waals surface area contributed by atoms with Crippen molar-refractivity contribution in [1.29, 1.82) is 0 Å². The summed E-state index contributed by atoms with van der Waals surface area (Å²) in [7, 11) is 0. The van der Waals surface area contributed by atoms with Crippen LogP contribution < -0.4 is 5.32 Å². The average Bonchev–Trinajstić information content (AvgIpc) is 2.60. The molecule has 2 nitrogen and oxygen atoms in total. The fraction of sp³-hybridized carbons (Fsp3) is 0.600. The van der Waals surface area contributed by atoms with Crippen molar-refractivity contribution >= 4 is 5.69 Å².